The summed E-state index contributed by atoms with van der Waals surface area (Å²) >= 11 is 1.34. The third-order valence-corrected chi connectivity index (χ3v) is 5.45. The van der Waals surface area contributed by atoms with Crippen LogP contribution in [-0.4, -0.2) is 22.4 Å². The standard InChI is InChI=1S/C21H13N3O4S/c1-2-8-24-15-10-17-18(27-12-26-17)11-19(15)29-21(24)22-20(25)14-9-16(28-23-14)13-6-4-3-5-7-13/h1,3-7,9-11H,8,12H2. The second-order valence-corrected chi connectivity index (χ2v) is 7.22. The van der Waals surface area contributed by atoms with Crippen molar-refractivity contribution in [3.05, 3.63) is 59.0 Å². The number of carbonyl (C=O) groups is 1. The summed E-state index contributed by atoms with van der Waals surface area (Å²) in [5.74, 6) is 3.90. The Morgan fingerprint density at radius 2 is 2.00 bits per heavy atom. The van der Waals surface area contributed by atoms with Crippen LogP contribution in [0.25, 0.3) is 21.5 Å². The summed E-state index contributed by atoms with van der Waals surface area (Å²) in [5, 5.41) is 3.87. The van der Waals surface area contributed by atoms with E-state index in [9.17, 15) is 4.79 Å². The van der Waals surface area contributed by atoms with Crippen molar-refractivity contribution in [3.8, 4) is 35.2 Å². The maximum atomic E-state index is 12.7. The molecule has 1 amide bonds. The smallest absolute Gasteiger partial charge is 0.301 e. The summed E-state index contributed by atoms with van der Waals surface area (Å²) in [5.41, 5.74) is 1.79. The number of amides is 1. The number of carbonyl (C=O) groups excluding carboxylic acids is 1. The predicted molar refractivity (Wildman–Crippen MR) is 107 cm³/mol. The van der Waals surface area contributed by atoms with E-state index in [1.165, 1.54) is 11.3 Å². The van der Waals surface area contributed by atoms with Crippen molar-refractivity contribution < 1.29 is 18.8 Å². The summed E-state index contributed by atoms with van der Waals surface area (Å²) < 4.78 is 18.8. The third kappa shape index (κ3) is 3.07. The molecule has 0 aliphatic carbocycles. The fourth-order valence-electron chi connectivity index (χ4n) is 3.05. The van der Waals surface area contributed by atoms with Crippen molar-refractivity contribution in [2.45, 2.75) is 6.54 Å². The minimum absolute atomic E-state index is 0.128. The number of benzene rings is 2. The zero-order valence-electron chi connectivity index (χ0n) is 15.0. The fraction of sp³-hybridized carbons (Fsp3) is 0.0952. The average Bonchev–Trinajstić information content (AvgIpc) is 3.46. The van der Waals surface area contributed by atoms with Crippen molar-refractivity contribution in [2.75, 3.05) is 6.79 Å². The van der Waals surface area contributed by atoms with Gasteiger partial charge in [-0.2, -0.15) is 4.99 Å². The van der Waals surface area contributed by atoms with E-state index in [0.717, 1.165) is 15.8 Å². The summed E-state index contributed by atoms with van der Waals surface area (Å²) in [6.07, 6.45) is 5.53. The van der Waals surface area contributed by atoms with Crippen LogP contribution in [0.15, 0.2) is 58.0 Å². The van der Waals surface area contributed by atoms with E-state index in [1.807, 2.05) is 42.5 Å². The number of hydrogen-bond donors (Lipinski definition) is 0. The summed E-state index contributed by atoms with van der Waals surface area (Å²) in [4.78, 5) is 17.4. The Bertz CT molecular complexity index is 1340. The quantitative estimate of drug-likeness (QED) is 0.490. The van der Waals surface area contributed by atoms with Crippen LogP contribution in [0, 0.1) is 12.3 Å². The van der Waals surface area contributed by atoms with Gasteiger partial charge in [0, 0.05) is 23.8 Å². The largest absolute Gasteiger partial charge is 0.454 e. The Morgan fingerprint density at radius 1 is 1.21 bits per heavy atom. The Kier molecular flexibility index (Phi) is 4.15. The Morgan fingerprint density at radius 3 is 2.79 bits per heavy atom. The molecule has 2 aromatic carbocycles. The zero-order valence-corrected chi connectivity index (χ0v) is 15.8. The molecule has 0 saturated heterocycles. The summed E-state index contributed by atoms with van der Waals surface area (Å²) in [6.45, 7) is 0.452. The molecule has 3 heterocycles. The molecular weight excluding hydrogens is 390 g/mol. The second kappa shape index (κ2) is 6.96. The highest BCUT2D eigenvalue weighted by atomic mass is 32.1. The van der Waals surface area contributed by atoms with Gasteiger partial charge in [-0.1, -0.05) is 52.7 Å². The van der Waals surface area contributed by atoms with E-state index >= 15 is 0 Å². The first kappa shape index (κ1) is 17.3. The molecule has 0 atom stereocenters. The number of rotatable bonds is 3. The van der Waals surface area contributed by atoms with E-state index < -0.39 is 5.91 Å². The molecule has 142 valence electrons. The number of hydrogen-bond acceptors (Lipinski definition) is 6. The lowest BCUT2D eigenvalue weighted by atomic mass is 10.1. The van der Waals surface area contributed by atoms with Gasteiger partial charge in [0.15, 0.2) is 27.8 Å². The molecule has 0 radical (unpaired) electrons. The van der Waals surface area contributed by atoms with Crippen LogP contribution in [0.5, 0.6) is 11.5 Å². The second-order valence-electron chi connectivity index (χ2n) is 6.21. The zero-order chi connectivity index (χ0) is 19.8. The van der Waals surface area contributed by atoms with Gasteiger partial charge in [-0.15, -0.1) is 6.42 Å². The van der Waals surface area contributed by atoms with Crippen LogP contribution in [0.1, 0.15) is 10.5 Å². The van der Waals surface area contributed by atoms with Gasteiger partial charge in [-0.25, -0.2) is 0 Å². The van der Waals surface area contributed by atoms with Crippen molar-refractivity contribution in [3.63, 3.8) is 0 Å². The molecule has 0 fully saturated rings. The number of thiazole rings is 1. The number of ether oxygens (including phenoxy) is 2. The molecule has 0 bridgehead atoms. The maximum absolute atomic E-state index is 12.7. The van der Waals surface area contributed by atoms with Crippen molar-refractivity contribution in [2.24, 2.45) is 4.99 Å². The van der Waals surface area contributed by atoms with Gasteiger partial charge in [0.2, 0.25) is 6.79 Å². The molecule has 0 N–H and O–H groups in total. The lowest BCUT2D eigenvalue weighted by Gasteiger charge is -2.01. The van der Waals surface area contributed by atoms with Gasteiger partial charge in [-0.05, 0) is 0 Å². The minimum atomic E-state index is -0.506. The van der Waals surface area contributed by atoms with Crippen LogP contribution in [0.3, 0.4) is 0 Å². The Balaban J connectivity index is 1.56. The number of terminal acetylenes is 1. The molecule has 0 saturated carbocycles. The number of nitrogens with zero attached hydrogens (tertiary/aromatic N) is 3. The van der Waals surface area contributed by atoms with Gasteiger partial charge < -0.3 is 18.6 Å². The lowest BCUT2D eigenvalue weighted by molar-refractivity contribution is 0.0989. The topological polar surface area (TPSA) is 78.9 Å². The normalized spacial score (nSPS) is 13.0. The van der Waals surface area contributed by atoms with E-state index in [0.29, 0.717) is 22.1 Å². The molecule has 5 rings (SSSR count). The molecule has 29 heavy (non-hydrogen) atoms. The average molecular weight is 403 g/mol. The van der Waals surface area contributed by atoms with Crippen molar-refractivity contribution in [1.82, 2.24) is 9.72 Å². The van der Waals surface area contributed by atoms with Crippen LogP contribution < -0.4 is 14.3 Å². The van der Waals surface area contributed by atoms with Crippen molar-refractivity contribution in [1.29, 1.82) is 0 Å². The maximum Gasteiger partial charge on any atom is 0.301 e. The highest BCUT2D eigenvalue weighted by Gasteiger charge is 2.19. The lowest BCUT2D eigenvalue weighted by Crippen LogP contribution is -2.16. The first-order valence-corrected chi connectivity index (χ1v) is 9.52. The Labute approximate surface area is 168 Å². The number of fused-ring (bicyclic) bond motifs is 2. The van der Waals surface area contributed by atoms with Gasteiger partial charge in [0.25, 0.3) is 0 Å². The predicted octanol–water partition coefficient (Wildman–Crippen LogP) is 3.46. The molecule has 0 spiro atoms. The van der Waals surface area contributed by atoms with Crippen LogP contribution in [0.2, 0.25) is 0 Å². The highest BCUT2D eigenvalue weighted by molar-refractivity contribution is 7.16. The highest BCUT2D eigenvalue weighted by Crippen LogP contribution is 2.37. The van der Waals surface area contributed by atoms with E-state index in [-0.39, 0.29) is 19.0 Å². The van der Waals surface area contributed by atoms with Crippen LogP contribution in [0.4, 0.5) is 0 Å². The van der Waals surface area contributed by atoms with Gasteiger partial charge in [-0.3, -0.25) is 4.79 Å². The molecule has 1 aliphatic rings. The molecule has 8 heteroatoms. The van der Waals surface area contributed by atoms with Crippen molar-refractivity contribution >= 4 is 27.5 Å². The van der Waals surface area contributed by atoms with Gasteiger partial charge in [0.1, 0.15) is 0 Å². The monoisotopic (exact) mass is 403 g/mol. The third-order valence-electron chi connectivity index (χ3n) is 4.41. The first-order valence-electron chi connectivity index (χ1n) is 8.70. The van der Waals surface area contributed by atoms with Crippen LogP contribution >= 0.6 is 11.3 Å². The Hall–Kier alpha value is -3.83. The molecule has 7 nitrogen and oxygen atoms in total. The first-order chi connectivity index (χ1) is 14.2. The van der Waals surface area contributed by atoms with E-state index in [1.54, 1.807) is 10.6 Å². The minimum Gasteiger partial charge on any atom is -0.454 e. The summed E-state index contributed by atoms with van der Waals surface area (Å²) in [6, 6.07) is 14.7. The molecule has 1 aliphatic heterocycles. The molecule has 0 unspecified atom stereocenters. The van der Waals surface area contributed by atoms with E-state index in [4.69, 9.17) is 20.4 Å². The molecule has 2 aromatic heterocycles. The van der Waals surface area contributed by atoms with Gasteiger partial charge >= 0.3 is 5.91 Å². The SMILES string of the molecule is C#CCn1c(=NC(=O)c2cc(-c3ccccc3)on2)sc2cc3c(cc21)OCO3. The molecule has 4 aromatic rings. The van der Waals surface area contributed by atoms with Gasteiger partial charge in [0.05, 0.1) is 16.8 Å². The summed E-state index contributed by atoms with van der Waals surface area (Å²) in [7, 11) is 0. The fourth-order valence-corrected chi connectivity index (χ4v) is 4.09. The number of aromatic nitrogens is 2. The van der Waals surface area contributed by atoms with Crippen LogP contribution in [-0.2, 0) is 6.54 Å². The van der Waals surface area contributed by atoms with E-state index in [2.05, 4.69) is 16.1 Å². The molecular formula is C21H13N3O4S.